The first-order valence-electron chi connectivity index (χ1n) is 10.6. The Balaban J connectivity index is 1.44. The summed E-state index contributed by atoms with van der Waals surface area (Å²) in [4.78, 5) is 35.5. The van der Waals surface area contributed by atoms with E-state index >= 15 is 0 Å². The van der Waals surface area contributed by atoms with Crippen molar-refractivity contribution in [2.45, 2.75) is 57.4 Å². The SMILES string of the molecule is CCCCSNC(=O)N1CCC(c2cc(N(C=O)C3CC3)nc3[nH]ccc23)CC1. The third-order valence-corrected chi connectivity index (χ3v) is 6.66. The minimum atomic E-state index is 0.0209. The number of H-pyrrole nitrogens is 1. The average Bonchev–Trinajstić information content (AvgIpc) is 3.47. The summed E-state index contributed by atoms with van der Waals surface area (Å²) in [6.07, 6.45) is 8.99. The summed E-state index contributed by atoms with van der Waals surface area (Å²) in [5.74, 6) is 2.05. The Morgan fingerprint density at radius 2 is 2.17 bits per heavy atom. The van der Waals surface area contributed by atoms with Gasteiger partial charge in [-0.15, -0.1) is 0 Å². The Bertz CT molecular complexity index is 858. The molecule has 2 aromatic heterocycles. The zero-order chi connectivity index (χ0) is 20.2. The van der Waals surface area contributed by atoms with Gasteiger partial charge in [0.15, 0.2) is 0 Å². The van der Waals surface area contributed by atoms with Gasteiger partial charge in [0.1, 0.15) is 11.5 Å². The van der Waals surface area contributed by atoms with Gasteiger partial charge in [-0.1, -0.05) is 13.3 Å². The third kappa shape index (κ3) is 4.52. The van der Waals surface area contributed by atoms with Crippen molar-refractivity contribution in [1.29, 1.82) is 0 Å². The maximum absolute atomic E-state index is 12.4. The van der Waals surface area contributed by atoms with Crippen LogP contribution in [0.2, 0.25) is 0 Å². The number of fused-ring (bicyclic) bond motifs is 1. The number of hydrogen-bond donors (Lipinski definition) is 2. The molecule has 4 rings (SSSR count). The van der Waals surface area contributed by atoms with E-state index in [-0.39, 0.29) is 12.1 Å². The van der Waals surface area contributed by atoms with Crippen LogP contribution < -0.4 is 9.62 Å². The number of pyridine rings is 1. The Labute approximate surface area is 175 Å². The number of hydrogen-bond acceptors (Lipinski definition) is 4. The highest BCUT2D eigenvalue weighted by molar-refractivity contribution is 7.97. The van der Waals surface area contributed by atoms with Crippen LogP contribution in [-0.4, -0.2) is 52.2 Å². The third-order valence-electron chi connectivity index (χ3n) is 5.85. The van der Waals surface area contributed by atoms with Crippen molar-refractivity contribution in [1.82, 2.24) is 19.6 Å². The van der Waals surface area contributed by atoms with E-state index in [1.165, 1.54) is 17.5 Å². The van der Waals surface area contributed by atoms with Gasteiger partial charge in [-0.25, -0.2) is 9.78 Å². The van der Waals surface area contributed by atoms with Crippen LogP contribution in [0.1, 0.15) is 56.9 Å². The lowest BCUT2D eigenvalue weighted by molar-refractivity contribution is -0.107. The molecular formula is C21H29N5O2S. The van der Waals surface area contributed by atoms with E-state index in [9.17, 15) is 9.59 Å². The lowest BCUT2D eigenvalue weighted by Gasteiger charge is -2.32. The Morgan fingerprint density at radius 3 is 2.86 bits per heavy atom. The molecule has 2 aliphatic rings. The molecule has 1 saturated carbocycles. The molecule has 1 aliphatic heterocycles. The summed E-state index contributed by atoms with van der Waals surface area (Å²) >= 11 is 1.50. The minimum absolute atomic E-state index is 0.0209. The highest BCUT2D eigenvalue weighted by atomic mass is 32.2. The predicted octanol–water partition coefficient (Wildman–Crippen LogP) is 4.03. The average molecular weight is 416 g/mol. The van der Waals surface area contributed by atoms with Gasteiger partial charge in [-0.3, -0.25) is 14.4 Å². The quantitative estimate of drug-likeness (QED) is 0.388. The van der Waals surface area contributed by atoms with Crippen LogP contribution in [-0.2, 0) is 4.79 Å². The number of piperidine rings is 1. The second kappa shape index (κ2) is 9.07. The van der Waals surface area contributed by atoms with Gasteiger partial charge in [-0.05, 0) is 67.7 Å². The minimum Gasteiger partial charge on any atom is -0.346 e. The molecule has 0 atom stereocenters. The van der Waals surface area contributed by atoms with Gasteiger partial charge in [0.2, 0.25) is 6.41 Å². The van der Waals surface area contributed by atoms with Gasteiger partial charge < -0.3 is 9.88 Å². The number of nitrogens with zero attached hydrogens (tertiary/aromatic N) is 3. The number of aromatic nitrogens is 2. The van der Waals surface area contributed by atoms with Crippen LogP contribution in [0.15, 0.2) is 18.3 Å². The predicted molar refractivity (Wildman–Crippen MR) is 117 cm³/mol. The Morgan fingerprint density at radius 1 is 1.38 bits per heavy atom. The summed E-state index contributed by atoms with van der Waals surface area (Å²) < 4.78 is 2.96. The Hall–Kier alpha value is -2.22. The van der Waals surface area contributed by atoms with Crippen molar-refractivity contribution in [2.75, 3.05) is 23.7 Å². The van der Waals surface area contributed by atoms with Crippen molar-refractivity contribution in [3.05, 3.63) is 23.9 Å². The van der Waals surface area contributed by atoms with Crippen LogP contribution in [0, 0.1) is 0 Å². The fourth-order valence-corrected chi connectivity index (χ4v) is 4.77. The molecule has 2 fully saturated rings. The van der Waals surface area contributed by atoms with Crippen LogP contribution >= 0.6 is 11.9 Å². The molecule has 3 heterocycles. The van der Waals surface area contributed by atoms with Crippen molar-refractivity contribution < 1.29 is 9.59 Å². The molecule has 0 aromatic carbocycles. The molecule has 0 radical (unpaired) electrons. The normalized spacial score (nSPS) is 17.5. The van der Waals surface area contributed by atoms with Crippen LogP contribution in [0.3, 0.4) is 0 Å². The summed E-state index contributed by atoms with van der Waals surface area (Å²) in [7, 11) is 0. The van der Waals surface area contributed by atoms with E-state index in [1.807, 2.05) is 11.1 Å². The summed E-state index contributed by atoms with van der Waals surface area (Å²) in [6.45, 7) is 3.64. The fraction of sp³-hybridized carbons (Fsp3) is 0.571. The number of urea groups is 1. The monoisotopic (exact) mass is 415 g/mol. The van der Waals surface area contributed by atoms with E-state index in [2.05, 4.69) is 33.7 Å². The number of unbranched alkanes of at least 4 members (excludes halogenated alkanes) is 1. The van der Waals surface area contributed by atoms with Gasteiger partial charge in [-0.2, -0.15) is 0 Å². The maximum atomic E-state index is 12.4. The number of carbonyl (C=O) groups is 2. The first kappa shape index (κ1) is 20.1. The smallest absolute Gasteiger partial charge is 0.327 e. The van der Waals surface area contributed by atoms with Gasteiger partial charge in [0.05, 0.1) is 0 Å². The zero-order valence-electron chi connectivity index (χ0n) is 16.9. The second-order valence-electron chi connectivity index (χ2n) is 7.92. The molecule has 7 nitrogen and oxygen atoms in total. The molecule has 3 amide bonds. The fourth-order valence-electron chi connectivity index (χ4n) is 3.99. The number of nitrogens with one attached hydrogen (secondary N) is 2. The maximum Gasteiger partial charge on any atom is 0.327 e. The van der Waals surface area contributed by atoms with E-state index in [0.717, 1.165) is 80.6 Å². The number of carbonyl (C=O) groups excluding carboxylic acids is 2. The van der Waals surface area contributed by atoms with E-state index < -0.39 is 0 Å². The Kier molecular flexibility index (Phi) is 6.28. The first-order valence-corrected chi connectivity index (χ1v) is 11.6. The lowest BCUT2D eigenvalue weighted by Crippen LogP contribution is -2.42. The number of rotatable bonds is 8. The number of likely N-dealkylation sites (tertiary alicyclic amines) is 1. The molecular weight excluding hydrogens is 386 g/mol. The molecule has 156 valence electrons. The number of aromatic amines is 1. The summed E-state index contributed by atoms with van der Waals surface area (Å²) in [6, 6.07) is 4.46. The molecule has 0 spiro atoms. The zero-order valence-corrected chi connectivity index (χ0v) is 17.7. The molecule has 2 N–H and O–H groups in total. The van der Waals surface area contributed by atoms with E-state index in [4.69, 9.17) is 0 Å². The van der Waals surface area contributed by atoms with E-state index in [0.29, 0.717) is 5.92 Å². The van der Waals surface area contributed by atoms with Gasteiger partial charge >= 0.3 is 6.03 Å². The van der Waals surface area contributed by atoms with Crippen molar-refractivity contribution in [3.8, 4) is 0 Å². The number of anilines is 1. The molecule has 8 heteroatoms. The standard InChI is InChI=1S/C21H29N5O2S/c1-2-3-12-29-24-21(28)25-10-7-15(8-11-25)18-13-19(26(14-27)16-4-5-16)23-20-17(18)6-9-22-20/h6,9,13-16H,2-5,7-8,10-12H2,1H3,(H,22,23)(H,24,28). The lowest BCUT2D eigenvalue weighted by atomic mass is 9.88. The van der Waals surface area contributed by atoms with Gasteiger partial charge in [0, 0.05) is 36.5 Å². The topological polar surface area (TPSA) is 81.3 Å². The molecule has 29 heavy (non-hydrogen) atoms. The largest absolute Gasteiger partial charge is 0.346 e. The highest BCUT2D eigenvalue weighted by Gasteiger charge is 2.32. The van der Waals surface area contributed by atoms with Crippen LogP contribution in [0.4, 0.5) is 10.6 Å². The first-order chi connectivity index (χ1) is 14.2. The van der Waals surface area contributed by atoms with Crippen molar-refractivity contribution >= 4 is 41.2 Å². The van der Waals surface area contributed by atoms with Crippen molar-refractivity contribution in [2.24, 2.45) is 0 Å². The van der Waals surface area contributed by atoms with Crippen LogP contribution in [0.5, 0.6) is 0 Å². The molecule has 1 saturated heterocycles. The van der Waals surface area contributed by atoms with E-state index in [1.54, 1.807) is 4.90 Å². The van der Waals surface area contributed by atoms with Crippen molar-refractivity contribution in [3.63, 3.8) is 0 Å². The molecule has 1 aliphatic carbocycles. The number of amides is 3. The molecule has 0 unspecified atom stereocenters. The molecule has 0 bridgehead atoms. The highest BCUT2D eigenvalue weighted by Crippen LogP contribution is 2.37. The van der Waals surface area contributed by atoms with Crippen LogP contribution in [0.25, 0.3) is 11.0 Å². The second-order valence-corrected chi connectivity index (χ2v) is 8.83. The van der Waals surface area contributed by atoms with Gasteiger partial charge in [0.25, 0.3) is 0 Å². The summed E-state index contributed by atoms with van der Waals surface area (Å²) in [5, 5.41) is 1.12. The molecule has 2 aromatic rings. The summed E-state index contributed by atoms with van der Waals surface area (Å²) in [5.41, 5.74) is 2.06.